The molecule has 5 heteroatoms. The predicted molar refractivity (Wildman–Crippen MR) is 82.7 cm³/mol. The molecule has 0 saturated heterocycles. The van der Waals surface area contributed by atoms with Crippen LogP contribution >= 0.6 is 11.6 Å². The predicted octanol–water partition coefficient (Wildman–Crippen LogP) is 4.25. The third kappa shape index (κ3) is 3.27. The number of nitrogens with zero attached hydrogens (tertiary/aromatic N) is 1. The first-order valence-electron chi connectivity index (χ1n) is 6.93. The molecule has 112 valence electrons. The van der Waals surface area contributed by atoms with E-state index in [0.29, 0.717) is 22.0 Å². The summed E-state index contributed by atoms with van der Waals surface area (Å²) in [7, 11) is 0. The Bertz CT molecular complexity index is 649. The van der Waals surface area contributed by atoms with Crippen molar-refractivity contribution < 1.29 is 9.32 Å². The van der Waals surface area contributed by atoms with Gasteiger partial charge in [0.1, 0.15) is 5.56 Å². The molecule has 2 rings (SSSR count). The lowest BCUT2D eigenvalue weighted by Gasteiger charge is -2.16. The van der Waals surface area contributed by atoms with Crippen molar-refractivity contribution in [1.82, 2.24) is 10.5 Å². The lowest BCUT2D eigenvalue weighted by molar-refractivity contribution is 0.0937. The van der Waals surface area contributed by atoms with Gasteiger partial charge in [0.15, 0.2) is 5.76 Å². The number of nitrogens with one attached hydrogen (secondary N) is 1. The molecule has 0 spiro atoms. The summed E-state index contributed by atoms with van der Waals surface area (Å²) in [5.74, 6) is 0.517. The highest BCUT2D eigenvalue weighted by atomic mass is 35.5. The molecule has 0 fully saturated rings. The van der Waals surface area contributed by atoms with Crippen LogP contribution in [-0.2, 0) is 0 Å². The Morgan fingerprint density at radius 3 is 2.57 bits per heavy atom. The molecule has 1 amide bonds. The van der Waals surface area contributed by atoms with Crippen LogP contribution in [0.25, 0.3) is 0 Å². The smallest absolute Gasteiger partial charge is 0.257 e. The normalized spacial score (nSPS) is 12.5. The molecule has 1 N–H and O–H groups in total. The summed E-state index contributed by atoms with van der Waals surface area (Å²) < 4.78 is 5.25. The summed E-state index contributed by atoms with van der Waals surface area (Å²) in [5, 5.41) is 7.48. The molecule has 4 nitrogen and oxygen atoms in total. The van der Waals surface area contributed by atoms with E-state index in [1.165, 1.54) is 0 Å². The number of rotatable bonds is 4. The fourth-order valence-corrected chi connectivity index (χ4v) is 2.53. The van der Waals surface area contributed by atoms with E-state index in [0.717, 1.165) is 5.56 Å². The average molecular weight is 307 g/mol. The first kappa shape index (κ1) is 15.6. The molecule has 21 heavy (non-hydrogen) atoms. The quantitative estimate of drug-likeness (QED) is 0.918. The van der Waals surface area contributed by atoms with E-state index in [1.54, 1.807) is 6.92 Å². The van der Waals surface area contributed by atoms with Crippen LogP contribution < -0.4 is 5.32 Å². The zero-order valence-electron chi connectivity index (χ0n) is 12.6. The van der Waals surface area contributed by atoms with Crippen molar-refractivity contribution in [3.8, 4) is 0 Å². The van der Waals surface area contributed by atoms with E-state index in [4.69, 9.17) is 16.1 Å². The van der Waals surface area contributed by atoms with Crippen LogP contribution in [0.5, 0.6) is 0 Å². The molecular weight excluding hydrogens is 288 g/mol. The molecule has 0 aliphatic carbocycles. The van der Waals surface area contributed by atoms with Crippen LogP contribution in [0.2, 0.25) is 5.02 Å². The lowest BCUT2D eigenvalue weighted by atomic mass is 10.0. The van der Waals surface area contributed by atoms with Crippen LogP contribution in [0, 0.1) is 6.92 Å². The van der Waals surface area contributed by atoms with Gasteiger partial charge >= 0.3 is 0 Å². The van der Waals surface area contributed by atoms with Crippen molar-refractivity contribution >= 4 is 17.5 Å². The monoisotopic (exact) mass is 306 g/mol. The summed E-state index contributed by atoms with van der Waals surface area (Å²) in [6, 6.07) is 7.27. The van der Waals surface area contributed by atoms with Crippen molar-refractivity contribution in [2.75, 3.05) is 0 Å². The molecule has 1 aromatic carbocycles. The van der Waals surface area contributed by atoms with Gasteiger partial charge in [-0.25, -0.2) is 0 Å². The Morgan fingerprint density at radius 1 is 1.29 bits per heavy atom. The van der Waals surface area contributed by atoms with E-state index in [-0.39, 0.29) is 17.9 Å². The molecule has 1 heterocycles. The highest BCUT2D eigenvalue weighted by Crippen LogP contribution is 2.25. The lowest BCUT2D eigenvalue weighted by Crippen LogP contribution is -2.28. The first-order chi connectivity index (χ1) is 9.91. The van der Waals surface area contributed by atoms with Crippen molar-refractivity contribution in [1.29, 1.82) is 0 Å². The number of hydrogen-bond donors (Lipinski definition) is 1. The Kier molecular flexibility index (Phi) is 4.68. The van der Waals surface area contributed by atoms with E-state index < -0.39 is 0 Å². The number of carbonyl (C=O) groups is 1. The Hall–Kier alpha value is -1.81. The van der Waals surface area contributed by atoms with E-state index >= 15 is 0 Å². The molecule has 0 aliphatic heterocycles. The Balaban J connectivity index is 2.23. The number of amides is 1. The van der Waals surface area contributed by atoms with Crippen molar-refractivity contribution in [2.45, 2.75) is 39.7 Å². The van der Waals surface area contributed by atoms with E-state index in [9.17, 15) is 4.79 Å². The molecule has 0 bridgehead atoms. The van der Waals surface area contributed by atoms with Gasteiger partial charge in [0.25, 0.3) is 5.91 Å². The second-order valence-corrected chi connectivity index (χ2v) is 5.79. The fraction of sp³-hybridized carbons (Fsp3) is 0.375. The van der Waals surface area contributed by atoms with Gasteiger partial charge in [-0.1, -0.05) is 48.8 Å². The Labute approximate surface area is 129 Å². The number of halogens is 1. The molecule has 1 atom stereocenters. The number of benzene rings is 1. The molecule has 1 unspecified atom stereocenters. The summed E-state index contributed by atoms with van der Waals surface area (Å²) in [6.07, 6.45) is 0. The SMILES string of the molecule is Cc1noc(C(C)C)c1C(=O)NC(C)c1ccccc1Cl. The summed E-state index contributed by atoms with van der Waals surface area (Å²) in [6.45, 7) is 7.60. The van der Waals surface area contributed by atoms with Crippen molar-refractivity contribution in [3.63, 3.8) is 0 Å². The molecule has 0 aliphatic rings. The summed E-state index contributed by atoms with van der Waals surface area (Å²) in [4.78, 5) is 12.5. The van der Waals surface area contributed by atoms with Crippen LogP contribution in [0.1, 0.15) is 60.1 Å². The summed E-state index contributed by atoms with van der Waals surface area (Å²) in [5.41, 5.74) is 2.00. The van der Waals surface area contributed by atoms with Gasteiger partial charge in [0.2, 0.25) is 0 Å². The minimum Gasteiger partial charge on any atom is -0.360 e. The van der Waals surface area contributed by atoms with Crippen LogP contribution in [0.4, 0.5) is 0 Å². The summed E-state index contributed by atoms with van der Waals surface area (Å²) >= 11 is 6.16. The molecule has 1 aromatic heterocycles. The highest BCUT2D eigenvalue weighted by molar-refractivity contribution is 6.31. The zero-order valence-corrected chi connectivity index (χ0v) is 13.4. The Morgan fingerprint density at radius 2 is 1.95 bits per heavy atom. The van der Waals surface area contributed by atoms with Crippen molar-refractivity contribution in [3.05, 3.63) is 51.9 Å². The topological polar surface area (TPSA) is 55.1 Å². The number of hydrogen-bond acceptors (Lipinski definition) is 3. The maximum atomic E-state index is 12.5. The maximum Gasteiger partial charge on any atom is 0.257 e. The number of aromatic nitrogens is 1. The van der Waals surface area contributed by atoms with Gasteiger partial charge in [-0.2, -0.15) is 0 Å². The fourth-order valence-electron chi connectivity index (χ4n) is 2.23. The van der Waals surface area contributed by atoms with Gasteiger partial charge in [0.05, 0.1) is 11.7 Å². The second-order valence-electron chi connectivity index (χ2n) is 5.38. The molecule has 2 aromatic rings. The standard InChI is InChI=1S/C16H19ClN2O2/c1-9(2)15-14(11(4)19-21-15)16(20)18-10(3)12-7-5-6-8-13(12)17/h5-10H,1-4H3,(H,18,20). The zero-order chi connectivity index (χ0) is 15.6. The molecule has 0 saturated carbocycles. The number of aryl methyl sites for hydroxylation is 1. The van der Waals surface area contributed by atoms with Gasteiger partial charge in [-0.15, -0.1) is 0 Å². The van der Waals surface area contributed by atoms with Crippen LogP contribution in [0.3, 0.4) is 0 Å². The minimum atomic E-state index is -0.194. The minimum absolute atomic E-state index is 0.0996. The highest BCUT2D eigenvalue weighted by Gasteiger charge is 2.24. The molecular formula is C16H19ClN2O2. The number of carbonyl (C=O) groups excluding carboxylic acids is 1. The van der Waals surface area contributed by atoms with E-state index in [1.807, 2.05) is 45.0 Å². The third-order valence-corrected chi connectivity index (χ3v) is 3.70. The van der Waals surface area contributed by atoms with E-state index in [2.05, 4.69) is 10.5 Å². The maximum absolute atomic E-state index is 12.5. The first-order valence-corrected chi connectivity index (χ1v) is 7.31. The van der Waals surface area contributed by atoms with Crippen LogP contribution in [-0.4, -0.2) is 11.1 Å². The van der Waals surface area contributed by atoms with Crippen LogP contribution in [0.15, 0.2) is 28.8 Å². The third-order valence-electron chi connectivity index (χ3n) is 3.36. The van der Waals surface area contributed by atoms with Gasteiger partial charge in [0, 0.05) is 10.9 Å². The van der Waals surface area contributed by atoms with Gasteiger partial charge < -0.3 is 9.84 Å². The van der Waals surface area contributed by atoms with Gasteiger partial charge in [-0.3, -0.25) is 4.79 Å². The molecule has 0 radical (unpaired) electrons. The average Bonchev–Trinajstić information content (AvgIpc) is 2.81. The second kappa shape index (κ2) is 6.31. The largest absolute Gasteiger partial charge is 0.360 e. The van der Waals surface area contributed by atoms with Gasteiger partial charge in [-0.05, 0) is 25.5 Å². The van der Waals surface area contributed by atoms with Crippen molar-refractivity contribution in [2.24, 2.45) is 0 Å².